The van der Waals surface area contributed by atoms with Gasteiger partial charge in [-0.2, -0.15) is 4.98 Å². The van der Waals surface area contributed by atoms with Gasteiger partial charge in [-0.05, 0) is 25.0 Å². The van der Waals surface area contributed by atoms with Gasteiger partial charge in [-0.15, -0.1) is 0 Å². The largest absolute Gasteiger partial charge is 0.481 e. The number of rotatable bonds is 4. The second-order valence-electron chi connectivity index (χ2n) is 5.59. The molecule has 7 nitrogen and oxygen atoms in total. The van der Waals surface area contributed by atoms with Crippen molar-refractivity contribution in [3.8, 4) is 17.1 Å². The molecule has 24 heavy (non-hydrogen) atoms. The predicted octanol–water partition coefficient (Wildman–Crippen LogP) is 1.64. The molecule has 7 heteroatoms. The third-order valence-corrected chi connectivity index (χ3v) is 3.93. The molecule has 2 heterocycles. The highest BCUT2D eigenvalue weighted by molar-refractivity contribution is 5.94. The Labute approximate surface area is 140 Å². The molecular weight excluding hydrogens is 308 g/mol. The third-order valence-electron chi connectivity index (χ3n) is 3.93. The fourth-order valence-corrected chi connectivity index (χ4v) is 2.60. The Hall–Kier alpha value is -2.67. The molecule has 1 saturated heterocycles. The van der Waals surface area contributed by atoms with E-state index in [2.05, 4.69) is 15.3 Å². The molecule has 0 bridgehead atoms. The number of nitrogen functional groups attached to an aromatic ring is 1. The van der Waals surface area contributed by atoms with Gasteiger partial charge in [0.2, 0.25) is 11.8 Å². The number of nitrogens with one attached hydrogen (secondary N) is 1. The number of hydrogen-bond donors (Lipinski definition) is 2. The molecule has 0 atom stereocenters. The van der Waals surface area contributed by atoms with Gasteiger partial charge < -0.3 is 20.5 Å². The van der Waals surface area contributed by atoms with Gasteiger partial charge in [-0.1, -0.05) is 12.1 Å². The molecule has 1 aliphatic rings. The van der Waals surface area contributed by atoms with E-state index in [1.807, 2.05) is 12.1 Å². The topological polar surface area (TPSA) is 99.4 Å². The Kier molecular flexibility index (Phi) is 4.90. The van der Waals surface area contributed by atoms with Crippen LogP contribution in [-0.2, 0) is 4.74 Å². The zero-order valence-electron chi connectivity index (χ0n) is 13.5. The summed E-state index contributed by atoms with van der Waals surface area (Å²) < 4.78 is 10.4. The number of nitrogens with zero attached hydrogens (tertiary/aromatic N) is 2. The summed E-state index contributed by atoms with van der Waals surface area (Å²) in [6, 6.07) is 9.09. The van der Waals surface area contributed by atoms with E-state index in [0.717, 1.165) is 18.4 Å². The standard InChI is InChI=1S/C17H20N4O3/c1-23-15-10-14(20-17(18)21-15)11-2-4-12(5-3-11)16(22)19-13-6-8-24-9-7-13/h2-5,10,13H,6-9H2,1H3,(H,19,22)(H2,18,20,21). The van der Waals surface area contributed by atoms with Crippen molar-refractivity contribution in [1.82, 2.24) is 15.3 Å². The molecule has 3 N–H and O–H groups in total. The van der Waals surface area contributed by atoms with Crippen molar-refractivity contribution in [1.29, 1.82) is 0 Å². The van der Waals surface area contributed by atoms with E-state index in [0.29, 0.717) is 30.4 Å². The van der Waals surface area contributed by atoms with E-state index >= 15 is 0 Å². The van der Waals surface area contributed by atoms with Crippen LogP contribution in [0.25, 0.3) is 11.3 Å². The molecule has 0 unspecified atom stereocenters. The smallest absolute Gasteiger partial charge is 0.251 e. The van der Waals surface area contributed by atoms with Crippen LogP contribution in [-0.4, -0.2) is 42.2 Å². The van der Waals surface area contributed by atoms with E-state index in [9.17, 15) is 4.79 Å². The van der Waals surface area contributed by atoms with E-state index in [1.165, 1.54) is 7.11 Å². The van der Waals surface area contributed by atoms with Gasteiger partial charge in [0, 0.05) is 36.4 Å². The molecule has 2 aromatic rings. The molecule has 1 aliphatic heterocycles. The number of carbonyl (C=O) groups is 1. The SMILES string of the molecule is COc1cc(-c2ccc(C(=O)NC3CCOCC3)cc2)nc(N)n1. The second kappa shape index (κ2) is 7.27. The molecule has 3 rings (SSSR count). The van der Waals surface area contributed by atoms with Crippen LogP contribution >= 0.6 is 0 Å². The molecule has 0 spiro atoms. The van der Waals surface area contributed by atoms with E-state index in [-0.39, 0.29) is 17.9 Å². The highest BCUT2D eigenvalue weighted by atomic mass is 16.5. The van der Waals surface area contributed by atoms with E-state index < -0.39 is 0 Å². The minimum absolute atomic E-state index is 0.0757. The average molecular weight is 328 g/mol. The highest BCUT2D eigenvalue weighted by Crippen LogP contribution is 2.22. The minimum atomic E-state index is -0.0757. The first-order valence-electron chi connectivity index (χ1n) is 7.83. The van der Waals surface area contributed by atoms with Gasteiger partial charge in [0.1, 0.15) is 0 Å². The van der Waals surface area contributed by atoms with Crippen LogP contribution in [0.3, 0.4) is 0 Å². The number of aromatic nitrogens is 2. The van der Waals surface area contributed by atoms with Crippen LogP contribution in [0.1, 0.15) is 23.2 Å². The Balaban J connectivity index is 1.73. The van der Waals surface area contributed by atoms with Crippen LogP contribution < -0.4 is 15.8 Å². The lowest BCUT2D eigenvalue weighted by atomic mass is 10.1. The summed E-state index contributed by atoms with van der Waals surface area (Å²) >= 11 is 0. The van der Waals surface area contributed by atoms with Crippen molar-refractivity contribution >= 4 is 11.9 Å². The molecular formula is C17H20N4O3. The zero-order chi connectivity index (χ0) is 16.9. The summed E-state index contributed by atoms with van der Waals surface area (Å²) in [5, 5.41) is 3.04. The molecule has 1 aromatic carbocycles. The van der Waals surface area contributed by atoms with Crippen molar-refractivity contribution in [3.63, 3.8) is 0 Å². The van der Waals surface area contributed by atoms with Crippen LogP contribution in [0.4, 0.5) is 5.95 Å². The number of anilines is 1. The van der Waals surface area contributed by atoms with E-state index in [1.54, 1.807) is 18.2 Å². The maximum absolute atomic E-state index is 12.3. The summed E-state index contributed by atoms with van der Waals surface area (Å²) in [5.74, 6) is 0.470. The quantitative estimate of drug-likeness (QED) is 0.885. The molecule has 126 valence electrons. The maximum Gasteiger partial charge on any atom is 0.251 e. The molecule has 0 radical (unpaired) electrons. The lowest BCUT2D eigenvalue weighted by Crippen LogP contribution is -2.38. The molecule has 1 fully saturated rings. The number of nitrogens with two attached hydrogens (primary N) is 1. The van der Waals surface area contributed by atoms with Crippen molar-refractivity contribution in [3.05, 3.63) is 35.9 Å². The van der Waals surface area contributed by atoms with Crippen LogP contribution in [0.5, 0.6) is 5.88 Å². The molecule has 1 amide bonds. The highest BCUT2D eigenvalue weighted by Gasteiger charge is 2.17. The summed E-state index contributed by atoms with van der Waals surface area (Å²) in [5.41, 5.74) is 7.78. The number of carbonyl (C=O) groups excluding carboxylic acids is 1. The van der Waals surface area contributed by atoms with E-state index in [4.69, 9.17) is 15.2 Å². The monoisotopic (exact) mass is 328 g/mol. The fraction of sp³-hybridized carbons (Fsp3) is 0.353. The van der Waals surface area contributed by atoms with Crippen LogP contribution in [0.15, 0.2) is 30.3 Å². The molecule has 1 aromatic heterocycles. The summed E-state index contributed by atoms with van der Waals surface area (Å²) in [7, 11) is 1.52. The first-order valence-corrected chi connectivity index (χ1v) is 7.83. The summed E-state index contributed by atoms with van der Waals surface area (Å²) in [6.45, 7) is 1.39. The predicted molar refractivity (Wildman–Crippen MR) is 89.7 cm³/mol. The third kappa shape index (κ3) is 3.80. The van der Waals surface area contributed by atoms with Gasteiger partial charge in [-0.25, -0.2) is 4.98 Å². The van der Waals surface area contributed by atoms with Gasteiger partial charge in [0.05, 0.1) is 12.8 Å². The first kappa shape index (κ1) is 16.2. The second-order valence-corrected chi connectivity index (χ2v) is 5.59. The fourth-order valence-electron chi connectivity index (χ4n) is 2.60. The first-order chi connectivity index (χ1) is 11.7. The summed E-state index contributed by atoms with van der Waals surface area (Å²) in [4.78, 5) is 20.4. The Morgan fingerprint density at radius 2 is 1.96 bits per heavy atom. The normalized spacial score (nSPS) is 15.0. The zero-order valence-corrected chi connectivity index (χ0v) is 13.5. The van der Waals surface area contributed by atoms with Gasteiger partial charge in [0.25, 0.3) is 5.91 Å². The van der Waals surface area contributed by atoms with Crippen LogP contribution in [0, 0.1) is 0 Å². The molecule has 0 aliphatic carbocycles. The lowest BCUT2D eigenvalue weighted by molar-refractivity contribution is 0.0696. The van der Waals surface area contributed by atoms with Gasteiger partial charge in [-0.3, -0.25) is 4.79 Å². The van der Waals surface area contributed by atoms with Gasteiger partial charge >= 0.3 is 0 Å². The van der Waals surface area contributed by atoms with Crippen molar-refractivity contribution in [2.75, 3.05) is 26.1 Å². The Morgan fingerprint density at radius 3 is 2.62 bits per heavy atom. The summed E-state index contributed by atoms with van der Waals surface area (Å²) in [6.07, 6.45) is 1.70. The molecule has 0 saturated carbocycles. The minimum Gasteiger partial charge on any atom is -0.481 e. The lowest BCUT2D eigenvalue weighted by Gasteiger charge is -2.23. The number of ether oxygens (including phenoxy) is 2. The number of hydrogen-bond acceptors (Lipinski definition) is 6. The van der Waals surface area contributed by atoms with Crippen molar-refractivity contribution in [2.45, 2.75) is 18.9 Å². The maximum atomic E-state index is 12.3. The van der Waals surface area contributed by atoms with Crippen molar-refractivity contribution < 1.29 is 14.3 Å². The Bertz CT molecular complexity index is 712. The van der Waals surface area contributed by atoms with Crippen LogP contribution in [0.2, 0.25) is 0 Å². The number of methoxy groups -OCH3 is 1. The number of amides is 1. The van der Waals surface area contributed by atoms with Gasteiger partial charge in [0.15, 0.2) is 0 Å². The Morgan fingerprint density at radius 1 is 1.25 bits per heavy atom. The van der Waals surface area contributed by atoms with Crippen molar-refractivity contribution in [2.24, 2.45) is 0 Å². The number of benzene rings is 1. The average Bonchev–Trinajstić information content (AvgIpc) is 2.62.